The molecule has 0 atom stereocenters. The zero-order valence-electron chi connectivity index (χ0n) is 10.6. The van der Waals surface area contributed by atoms with Gasteiger partial charge >= 0.3 is 0 Å². The Morgan fingerprint density at radius 3 is 2.67 bits per heavy atom. The Balaban J connectivity index is 2.03. The molecule has 1 aliphatic rings. The Morgan fingerprint density at radius 1 is 1.39 bits per heavy atom. The summed E-state index contributed by atoms with van der Waals surface area (Å²) in [7, 11) is 0. The van der Waals surface area contributed by atoms with Gasteiger partial charge in [0.2, 0.25) is 0 Å². The molecule has 94 valence electrons. The fourth-order valence-corrected chi connectivity index (χ4v) is 1.90. The van der Waals surface area contributed by atoms with Gasteiger partial charge in [-0.3, -0.25) is 4.79 Å². The van der Waals surface area contributed by atoms with Crippen LogP contribution in [0.3, 0.4) is 0 Å². The summed E-state index contributed by atoms with van der Waals surface area (Å²) >= 11 is 0. The molecule has 3 nitrogen and oxygen atoms in total. The Kier molecular flexibility index (Phi) is 4.38. The average Bonchev–Trinajstić information content (AvgIpc) is 2.34. The van der Waals surface area contributed by atoms with E-state index in [4.69, 9.17) is 0 Å². The fraction of sp³-hybridized carbons (Fsp3) is 0.400. The van der Waals surface area contributed by atoms with Crippen LogP contribution in [0.15, 0.2) is 30.3 Å². The molecule has 3 heteroatoms. The summed E-state index contributed by atoms with van der Waals surface area (Å²) in [5.41, 5.74) is 0.883. The number of hydrogen-bond acceptors (Lipinski definition) is 2. The lowest BCUT2D eigenvalue weighted by Crippen LogP contribution is -2.58. The van der Waals surface area contributed by atoms with Gasteiger partial charge in [-0.1, -0.05) is 31.0 Å². The largest absolute Gasteiger partial charge is 0.326 e. The fourth-order valence-electron chi connectivity index (χ4n) is 1.90. The molecule has 2 rings (SSSR count). The van der Waals surface area contributed by atoms with E-state index in [0.29, 0.717) is 6.04 Å². The van der Waals surface area contributed by atoms with Crippen molar-refractivity contribution in [2.45, 2.75) is 19.4 Å². The van der Waals surface area contributed by atoms with Gasteiger partial charge < -0.3 is 10.2 Å². The van der Waals surface area contributed by atoms with E-state index < -0.39 is 0 Å². The molecular weight excluding hydrogens is 224 g/mol. The number of nitrogens with one attached hydrogen (secondary N) is 1. The van der Waals surface area contributed by atoms with Gasteiger partial charge in [0.05, 0.1) is 6.04 Å². The van der Waals surface area contributed by atoms with Crippen LogP contribution in [-0.4, -0.2) is 36.5 Å². The van der Waals surface area contributed by atoms with Crippen LogP contribution >= 0.6 is 0 Å². The molecule has 18 heavy (non-hydrogen) atoms. The van der Waals surface area contributed by atoms with Crippen molar-refractivity contribution < 1.29 is 4.79 Å². The van der Waals surface area contributed by atoms with Crippen molar-refractivity contribution in [3.05, 3.63) is 35.9 Å². The third-order valence-corrected chi connectivity index (χ3v) is 3.01. The number of nitrogens with zero attached hydrogens (tertiary/aromatic N) is 1. The van der Waals surface area contributed by atoms with Crippen molar-refractivity contribution in [2.24, 2.45) is 0 Å². The van der Waals surface area contributed by atoms with E-state index in [1.165, 1.54) is 0 Å². The first-order valence-electron chi connectivity index (χ1n) is 6.39. The van der Waals surface area contributed by atoms with Crippen LogP contribution in [0.25, 0.3) is 0 Å². The quantitative estimate of drug-likeness (QED) is 0.809. The number of hydrogen-bond donors (Lipinski definition) is 1. The topological polar surface area (TPSA) is 32.3 Å². The summed E-state index contributed by atoms with van der Waals surface area (Å²) in [4.78, 5) is 13.9. The second-order valence-corrected chi connectivity index (χ2v) is 4.43. The molecule has 0 saturated carbocycles. The van der Waals surface area contributed by atoms with Crippen LogP contribution in [0, 0.1) is 11.8 Å². The normalized spacial score (nSPS) is 14.3. The van der Waals surface area contributed by atoms with E-state index in [9.17, 15) is 4.79 Å². The lowest BCUT2D eigenvalue weighted by Gasteiger charge is -2.37. The van der Waals surface area contributed by atoms with Gasteiger partial charge in [-0.15, -0.1) is 0 Å². The molecule has 0 bridgehead atoms. The first-order chi connectivity index (χ1) is 8.81. The molecule has 0 aliphatic carbocycles. The SMILES string of the molecule is CCCN(C(=O)C#Cc1ccccc1)C1CNC1. The highest BCUT2D eigenvalue weighted by Crippen LogP contribution is 2.06. The highest BCUT2D eigenvalue weighted by atomic mass is 16.2. The first kappa shape index (κ1) is 12.7. The van der Waals surface area contributed by atoms with Gasteiger partial charge in [0.25, 0.3) is 5.91 Å². The predicted molar refractivity (Wildman–Crippen MR) is 72.0 cm³/mol. The molecular formula is C15H18N2O. The van der Waals surface area contributed by atoms with Crippen LogP contribution in [0.2, 0.25) is 0 Å². The van der Waals surface area contributed by atoms with Crippen molar-refractivity contribution in [1.82, 2.24) is 10.2 Å². The van der Waals surface area contributed by atoms with Crippen molar-refractivity contribution in [1.29, 1.82) is 0 Å². The maximum Gasteiger partial charge on any atom is 0.299 e. The van der Waals surface area contributed by atoms with E-state index in [-0.39, 0.29) is 5.91 Å². The Hall–Kier alpha value is -1.79. The second-order valence-electron chi connectivity index (χ2n) is 4.43. The third-order valence-electron chi connectivity index (χ3n) is 3.01. The number of amides is 1. The van der Waals surface area contributed by atoms with E-state index in [2.05, 4.69) is 24.1 Å². The number of rotatable bonds is 3. The van der Waals surface area contributed by atoms with Crippen LogP contribution in [0.5, 0.6) is 0 Å². The molecule has 1 aliphatic heterocycles. The van der Waals surface area contributed by atoms with Crippen molar-refractivity contribution in [3.63, 3.8) is 0 Å². The van der Waals surface area contributed by atoms with E-state index >= 15 is 0 Å². The van der Waals surface area contributed by atoms with Gasteiger partial charge in [-0.2, -0.15) is 0 Å². The molecule has 1 fully saturated rings. The van der Waals surface area contributed by atoms with Gasteiger partial charge in [0.1, 0.15) is 0 Å². The minimum atomic E-state index is -0.0628. The molecule has 0 radical (unpaired) electrons. The average molecular weight is 242 g/mol. The standard InChI is InChI=1S/C15H18N2O/c1-2-10-17(14-11-16-12-14)15(18)9-8-13-6-4-3-5-7-13/h3-7,14,16H,2,10-12H2,1H3. The van der Waals surface area contributed by atoms with E-state index in [1.54, 1.807) is 0 Å². The van der Waals surface area contributed by atoms with Crippen molar-refractivity contribution >= 4 is 5.91 Å². The lowest BCUT2D eigenvalue weighted by atomic mass is 10.1. The lowest BCUT2D eigenvalue weighted by molar-refractivity contribution is -0.128. The van der Waals surface area contributed by atoms with Crippen LogP contribution in [0.4, 0.5) is 0 Å². The van der Waals surface area contributed by atoms with E-state index in [0.717, 1.165) is 31.6 Å². The van der Waals surface area contributed by atoms with Gasteiger partial charge in [0, 0.05) is 31.1 Å². The molecule has 1 saturated heterocycles. The highest BCUT2D eigenvalue weighted by Gasteiger charge is 2.26. The van der Waals surface area contributed by atoms with Crippen LogP contribution < -0.4 is 5.32 Å². The summed E-state index contributed by atoms with van der Waals surface area (Å²) in [6, 6.07) is 9.94. The Bertz CT molecular complexity index is 454. The minimum absolute atomic E-state index is 0.0628. The molecule has 1 heterocycles. The zero-order valence-corrected chi connectivity index (χ0v) is 10.6. The molecule has 1 aromatic rings. The summed E-state index contributed by atoms with van der Waals surface area (Å²) < 4.78 is 0. The Morgan fingerprint density at radius 2 is 2.11 bits per heavy atom. The molecule has 1 N–H and O–H groups in total. The van der Waals surface area contributed by atoms with Crippen molar-refractivity contribution in [3.8, 4) is 11.8 Å². The summed E-state index contributed by atoms with van der Waals surface area (Å²) in [5.74, 6) is 5.60. The molecule has 0 spiro atoms. The molecule has 0 unspecified atom stereocenters. The number of benzene rings is 1. The summed E-state index contributed by atoms with van der Waals surface area (Å²) in [6.45, 7) is 4.64. The zero-order chi connectivity index (χ0) is 12.8. The van der Waals surface area contributed by atoms with Crippen molar-refractivity contribution in [2.75, 3.05) is 19.6 Å². The third kappa shape index (κ3) is 3.12. The monoisotopic (exact) mass is 242 g/mol. The maximum atomic E-state index is 12.1. The second kappa shape index (κ2) is 6.23. The Labute approximate surface area is 108 Å². The highest BCUT2D eigenvalue weighted by molar-refractivity contribution is 5.94. The number of carbonyl (C=O) groups excluding carboxylic acids is 1. The molecule has 1 aromatic carbocycles. The van der Waals surface area contributed by atoms with Gasteiger partial charge in [-0.05, 0) is 18.6 Å². The number of carbonyl (C=O) groups is 1. The first-order valence-corrected chi connectivity index (χ1v) is 6.39. The van der Waals surface area contributed by atoms with Crippen LogP contribution in [0.1, 0.15) is 18.9 Å². The summed E-state index contributed by atoms with van der Waals surface area (Å²) in [5, 5.41) is 3.19. The smallest absolute Gasteiger partial charge is 0.299 e. The van der Waals surface area contributed by atoms with Gasteiger partial charge in [-0.25, -0.2) is 0 Å². The summed E-state index contributed by atoms with van der Waals surface area (Å²) in [6.07, 6.45) is 0.968. The minimum Gasteiger partial charge on any atom is -0.326 e. The van der Waals surface area contributed by atoms with E-state index in [1.807, 2.05) is 35.2 Å². The molecule has 0 aromatic heterocycles. The molecule has 1 amide bonds. The maximum absolute atomic E-state index is 12.1. The predicted octanol–water partition coefficient (Wildman–Crippen LogP) is 1.25. The van der Waals surface area contributed by atoms with Gasteiger partial charge in [0.15, 0.2) is 0 Å². The van der Waals surface area contributed by atoms with Crippen LogP contribution in [-0.2, 0) is 4.79 Å².